The molecule has 2 bridgehead atoms. The lowest BCUT2D eigenvalue weighted by atomic mass is 9.88. The van der Waals surface area contributed by atoms with E-state index in [2.05, 4.69) is 6.92 Å². The molecule has 0 saturated carbocycles. The Balaban J connectivity index is 2.06. The van der Waals surface area contributed by atoms with E-state index in [1.54, 1.807) is 38.5 Å². The summed E-state index contributed by atoms with van der Waals surface area (Å²) in [5.74, 6) is 1.13. The minimum Gasteiger partial charge on any atom is -0.115 e. The van der Waals surface area contributed by atoms with Crippen LogP contribution in [-0.4, -0.2) is 11.3 Å². The summed E-state index contributed by atoms with van der Waals surface area (Å²) in [5, 5.41) is 0. The largest absolute Gasteiger partial charge is 0.115 e. The fourth-order valence-corrected chi connectivity index (χ4v) is 5.19. The minimum absolute atomic E-state index is 1.12. The molecule has 0 radical (unpaired) electrons. The summed E-state index contributed by atoms with van der Waals surface area (Å²) in [6.45, 7) is 2.40. The lowest BCUT2D eigenvalue weighted by molar-refractivity contribution is 0.386. The quantitative estimate of drug-likeness (QED) is 0.544. The number of hydrogen-bond donors (Lipinski definition) is 0. The van der Waals surface area contributed by atoms with Crippen LogP contribution in [0.3, 0.4) is 0 Å². The second-order valence-electron chi connectivity index (χ2n) is 4.50. The fraction of sp³-hybridized carbons (Fsp3) is 1.00. The Morgan fingerprint density at radius 3 is 2.33 bits per heavy atom. The molecule has 0 aromatic heterocycles. The number of fused-ring (bicyclic) bond motifs is 3. The molecular weight excluding hydrogens is 163 g/mol. The third kappa shape index (κ3) is 1.84. The Morgan fingerprint density at radius 2 is 1.75 bits per heavy atom. The predicted molar refractivity (Wildman–Crippen MR) is 57.4 cm³/mol. The van der Waals surface area contributed by atoms with Crippen LogP contribution in [-0.2, 0) is 0 Å². The van der Waals surface area contributed by atoms with E-state index < -0.39 is 0 Å². The molecule has 2 rings (SSSR count). The lowest BCUT2D eigenvalue weighted by Crippen LogP contribution is -2.13. The van der Waals surface area contributed by atoms with Crippen LogP contribution in [0.4, 0.5) is 0 Å². The molecule has 0 amide bonds. The molecule has 1 heteroatoms. The molecule has 0 N–H and O–H groups in total. The van der Waals surface area contributed by atoms with Gasteiger partial charge < -0.3 is 0 Å². The van der Waals surface area contributed by atoms with Gasteiger partial charge in [0.1, 0.15) is 0 Å². The van der Waals surface area contributed by atoms with Crippen LogP contribution in [0.25, 0.3) is 0 Å². The molecule has 2 heterocycles. The molecule has 0 aromatic rings. The third-order valence-electron chi connectivity index (χ3n) is 3.71. The van der Waals surface area contributed by atoms with Crippen molar-refractivity contribution in [3.05, 3.63) is 0 Å². The Morgan fingerprint density at radius 1 is 1.08 bits per heavy atom. The summed E-state index contributed by atoms with van der Waals surface area (Å²) >= 11 is 0. The summed E-state index contributed by atoms with van der Waals surface area (Å²) in [5.41, 5.74) is 2.27. The summed E-state index contributed by atoms with van der Waals surface area (Å²) in [6.07, 6.45) is 10.8. The van der Waals surface area contributed by atoms with Gasteiger partial charge in [0.15, 0.2) is 0 Å². The van der Waals surface area contributed by atoms with Gasteiger partial charge in [-0.05, 0) is 49.3 Å². The van der Waals surface area contributed by atoms with Crippen LogP contribution >= 0.6 is 8.58 Å². The van der Waals surface area contributed by atoms with Crippen molar-refractivity contribution in [3.8, 4) is 0 Å². The molecule has 70 valence electrons. The van der Waals surface area contributed by atoms with Crippen LogP contribution < -0.4 is 0 Å². The maximum Gasteiger partial charge on any atom is -0.0208 e. The molecular formula is C11H21P. The van der Waals surface area contributed by atoms with Crippen molar-refractivity contribution in [2.75, 3.05) is 0 Å². The first-order chi connectivity index (χ1) is 5.90. The average Bonchev–Trinajstić information content (AvgIpc) is 2.33. The minimum atomic E-state index is 1.12. The van der Waals surface area contributed by atoms with Gasteiger partial charge in [0, 0.05) is 0 Å². The number of hydrogen-bond acceptors (Lipinski definition) is 0. The molecule has 2 atom stereocenters. The summed E-state index contributed by atoms with van der Waals surface area (Å²) in [4.78, 5) is 0. The van der Waals surface area contributed by atoms with Crippen molar-refractivity contribution < 1.29 is 0 Å². The molecule has 0 spiro atoms. The molecule has 2 unspecified atom stereocenters. The monoisotopic (exact) mass is 184 g/mol. The van der Waals surface area contributed by atoms with Crippen LogP contribution in [0.15, 0.2) is 0 Å². The fourth-order valence-electron chi connectivity index (χ4n) is 3.00. The molecule has 2 fully saturated rings. The van der Waals surface area contributed by atoms with Gasteiger partial charge in [-0.15, -0.1) is 8.58 Å². The Hall–Kier alpha value is 0.430. The van der Waals surface area contributed by atoms with E-state index in [1.807, 2.05) is 0 Å². The normalized spacial score (nSPS) is 44.2. The number of rotatable bonds is 1. The molecule has 2 aliphatic heterocycles. The topological polar surface area (TPSA) is 0 Å². The maximum absolute atomic E-state index is 2.40. The van der Waals surface area contributed by atoms with E-state index in [0.717, 1.165) is 17.2 Å². The van der Waals surface area contributed by atoms with Crippen molar-refractivity contribution in [1.29, 1.82) is 0 Å². The maximum atomic E-state index is 2.40. The highest BCUT2D eigenvalue weighted by atomic mass is 31.1. The van der Waals surface area contributed by atoms with Crippen LogP contribution in [0.5, 0.6) is 0 Å². The first kappa shape index (κ1) is 9.00. The van der Waals surface area contributed by atoms with E-state index in [0.29, 0.717) is 0 Å². The van der Waals surface area contributed by atoms with Crippen molar-refractivity contribution in [1.82, 2.24) is 0 Å². The van der Waals surface area contributed by atoms with Crippen molar-refractivity contribution in [2.45, 2.75) is 63.2 Å². The van der Waals surface area contributed by atoms with Gasteiger partial charge in [-0.2, -0.15) is 0 Å². The Kier molecular flexibility index (Phi) is 3.07. The second-order valence-corrected chi connectivity index (χ2v) is 6.39. The van der Waals surface area contributed by atoms with Crippen LogP contribution in [0, 0.1) is 5.92 Å². The highest BCUT2D eigenvalue weighted by molar-refractivity contribution is 7.39. The van der Waals surface area contributed by atoms with E-state index in [9.17, 15) is 0 Å². The average molecular weight is 184 g/mol. The first-order valence-electron chi connectivity index (χ1n) is 5.66. The van der Waals surface area contributed by atoms with Crippen molar-refractivity contribution in [2.24, 2.45) is 5.92 Å². The summed E-state index contributed by atoms with van der Waals surface area (Å²) in [7, 11) is 1.32. The zero-order chi connectivity index (χ0) is 8.39. The van der Waals surface area contributed by atoms with E-state index in [1.165, 1.54) is 15.0 Å². The predicted octanol–water partition coefficient (Wildman–Crippen LogP) is 3.80. The van der Waals surface area contributed by atoms with E-state index in [4.69, 9.17) is 0 Å². The van der Waals surface area contributed by atoms with Gasteiger partial charge in [0.25, 0.3) is 0 Å². The highest BCUT2D eigenvalue weighted by Gasteiger charge is 2.29. The smallest absolute Gasteiger partial charge is 0.0208 e. The van der Waals surface area contributed by atoms with Gasteiger partial charge in [-0.3, -0.25) is 0 Å². The van der Waals surface area contributed by atoms with Crippen LogP contribution in [0.2, 0.25) is 0 Å². The molecule has 0 aromatic carbocycles. The summed E-state index contributed by atoms with van der Waals surface area (Å²) < 4.78 is 0. The van der Waals surface area contributed by atoms with Gasteiger partial charge in [0.2, 0.25) is 0 Å². The van der Waals surface area contributed by atoms with E-state index in [-0.39, 0.29) is 0 Å². The van der Waals surface area contributed by atoms with E-state index >= 15 is 0 Å². The Bertz CT molecular complexity index is 134. The van der Waals surface area contributed by atoms with Gasteiger partial charge in [-0.25, -0.2) is 0 Å². The van der Waals surface area contributed by atoms with Gasteiger partial charge in [-0.1, -0.05) is 19.8 Å². The summed E-state index contributed by atoms with van der Waals surface area (Å²) in [6, 6.07) is 0. The molecule has 2 saturated heterocycles. The van der Waals surface area contributed by atoms with Gasteiger partial charge >= 0.3 is 0 Å². The zero-order valence-corrected chi connectivity index (χ0v) is 9.18. The SMILES string of the molecule is CCC1PC2CCCC1CCC2. The molecule has 12 heavy (non-hydrogen) atoms. The molecule has 0 aliphatic carbocycles. The Labute approximate surface area is 78.3 Å². The molecule has 2 aliphatic rings. The van der Waals surface area contributed by atoms with Crippen LogP contribution in [0.1, 0.15) is 51.9 Å². The molecule has 0 nitrogen and oxygen atoms in total. The van der Waals surface area contributed by atoms with Crippen molar-refractivity contribution >= 4 is 8.58 Å². The zero-order valence-electron chi connectivity index (χ0n) is 8.18. The highest BCUT2D eigenvalue weighted by Crippen LogP contribution is 2.47. The standard InChI is InChI=1S/C11H21P/c1-2-11-9-5-3-7-10(12-11)8-4-6-9/h9-12H,2-8H2,1H3. The van der Waals surface area contributed by atoms with Gasteiger partial charge in [0.05, 0.1) is 0 Å². The first-order valence-corrected chi connectivity index (χ1v) is 6.81. The lowest BCUT2D eigenvalue weighted by Gasteiger charge is -2.21. The second kappa shape index (κ2) is 4.09. The van der Waals surface area contributed by atoms with Crippen molar-refractivity contribution in [3.63, 3.8) is 0 Å². The third-order valence-corrected chi connectivity index (χ3v) is 6.07.